The van der Waals surface area contributed by atoms with Crippen LogP contribution < -0.4 is 5.32 Å². The van der Waals surface area contributed by atoms with Gasteiger partial charge in [0.05, 0.1) is 15.8 Å². The Balaban J connectivity index is 2.56. The number of hydrogen-bond donors (Lipinski definition) is 1. The number of carbonyl (C=O) groups excluding carboxylic acids is 1. The molecule has 6 nitrogen and oxygen atoms in total. The van der Waals surface area contributed by atoms with E-state index in [1.54, 1.807) is 18.2 Å². The molecule has 1 aromatic carbocycles. The second kappa shape index (κ2) is 4.17. The van der Waals surface area contributed by atoms with E-state index in [1.807, 2.05) is 0 Å². The standard InChI is InChI=1S/C11H9N3O3/c1-7(15)12-11-6-5-8-9(13-11)3-2-4-10(8)14(16)17/h2-6H,1H3,(H,12,13,15). The number of anilines is 1. The number of benzene rings is 1. The normalized spacial score (nSPS) is 10.2. The van der Waals surface area contributed by atoms with Crippen LogP contribution in [0, 0.1) is 10.1 Å². The summed E-state index contributed by atoms with van der Waals surface area (Å²) in [7, 11) is 0. The van der Waals surface area contributed by atoms with E-state index in [0.29, 0.717) is 16.7 Å². The number of nitrogens with one attached hydrogen (secondary N) is 1. The molecule has 1 N–H and O–H groups in total. The van der Waals surface area contributed by atoms with Gasteiger partial charge in [-0.3, -0.25) is 14.9 Å². The summed E-state index contributed by atoms with van der Waals surface area (Å²) >= 11 is 0. The van der Waals surface area contributed by atoms with E-state index in [4.69, 9.17) is 0 Å². The van der Waals surface area contributed by atoms with Gasteiger partial charge in [0.1, 0.15) is 5.82 Å². The molecule has 0 saturated heterocycles. The van der Waals surface area contributed by atoms with E-state index >= 15 is 0 Å². The highest BCUT2D eigenvalue weighted by atomic mass is 16.6. The zero-order valence-electron chi connectivity index (χ0n) is 9.01. The molecule has 0 spiro atoms. The Labute approximate surface area is 96.4 Å². The largest absolute Gasteiger partial charge is 0.311 e. The molecule has 0 aliphatic heterocycles. The first-order valence-corrected chi connectivity index (χ1v) is 4.89. The zero-order chi connectivity index (χ0) is 12.4. The van der Waals surface area contributed by atoms with E-state index in [1.165, 1.54) is 19.1 Å². The minimum absolute atomic E-state index is 0.00405. The highest BCUT2D eigenvalue weighted by Gasteiger charge is 2.11. The maximum absolute atomic E-state index is 10.9. The van der Waals surface area contributed by atoms with Crippen LogP contribution in [0.2, 0.25) is 0 Å². The minimum atomic E-state index is -0.456. The van der Waals surface area contributed by atoms with Crippen LogP contribution in [0.3, 0.4) is 0 Å². The minimum Gasteiger partial charge on any atom is -0.311 e. The molecule has 1 aromatic heterocycles. The predicted octanol–water partition coefficient (Wildman–Crippen LogP) is 2.10. The first kappa shape index (κ1) is 11.0. The third kappa shape index (κ3) is 2.20. The van der Waals surface area contributed by atoms with Crippen molar-refractivity contribution in [3.63, 3.8) is 0 Å². The Morgan fingerprint density at radius 1 is 1.35 bits per heavy atom. The van der Waals surface area contributed by atoms with E-state index < -0.39 is 4.92 Å². The van der Waals surface area contributed by atoms with Gasteiger partial charge in [-0.1, -0.05) is 6.07 Å². The number of fused-ring (bicyclic) bond motifs is 1. The topological polar surface area (TPSA) is 85.1 Å². The average Bonchev–Trinajstić information content (AvgIpc) is 2.26. The fourth-order valence-electron chi connectivity index (χ4n) is 1.55. The number of pyridine rings is 1. The fourth-order valence-corrected chi connectivity index (χ4v) is 1.55. The van der Waals surface area contributed by atoms with Gasteiger partial charge < -0.3 is 5.32 Å². The molecule has 0 radical (unpaired) electrons. The number of aromatic nitrogens is 1. The van der Waals surface area contributed by atoms with Crippen LogP contribution in [0.5, 0.6) is 0 Å². The molecular weight excluding hydrogens is 222 g/mol. The summed E-state index contributed by atoms with van der Waals surface area (Å²) in [5, 5.41) is 13.8. The number of nitrogens with zero attached hydrogens (tertiary/aromatic N) is 2. The van der Waals surface area contributed by atoms with Gasteiger partial charge >= 0.3 is 0 Å². The van der Waals surface area contributed by atoms with Crippen molar-refractivity contribution < 1.29 is 9.72 Å². The summed E-state index contributed by atoms with van der Waals surface area (Å²) in [4.78, 5) is 25.3. The molecule has 1 heterocycles. The van der Waals surface area contributed by atoms with E-state index in [2.05, 4.69) is 10.3 Å². The summed E-state index contributed by atoms with van der Waals surface area (Å²) in [6, 6.07) is 7.75. The SMILES string of the molecule is CC(=O)Nc1ccc2c([N+](=O)[O-])cccc2n1. The van der Waals surface area contributed by atoms with Crippen LogP contribution >= 0.6 is 0 Å². The molecule has 2 aromatic rings. The lowest BCUT2D eigenvalue weighted by atomic mass is 10.2. The molecule has 0 bridgehead atoms. The molecule has 0 atom stereocenters. The van der Waals surface area contributed by atoms with Crippen molar-refractivity contribution >= 4 is 28.3 Å². The van der Waals surface area contributed by atoms with Gasteiger partial charge in [0.15, 0.2) is 0 Å². The number of carbonyl (C=O) groups is 1. The average molecular weight is 231 g/mol. The molecule has 86 valence electrons. The van der Waals surface area contributed by atoms with Crippen LogP contribution in [0.4, 0.5) is 11.5 Å². The molecule has 0 unspecified atom stereocenters. The van der Waals surface area contributed by atoms with Crippen LogP contribution in [-0.4, -0.2) is 15.8 Å². The van der Waals surface area contributed by atoms with Crippen LogP contribution in [-0.2, 0) is 4.79 Å². The maximum atomic E-state index is 10.9. The molecule has 0 aliphatic rings. The first-order valence-electron chi connectivity index (χ1n) is 4.89. The summed E-state index contributed by atoms with van der Waals surface area (Å²) < 4.78 is 0. The molecule has 0 saturated carbocycles. The smallest absolute Gasteiger partial charge is 0.278 e. The Hall–Kier alpha value is -2.50. The van der Waals surface area contributed by atoms with Gasteiger partial charge in [0.2, 0.25) is 5.91 Å². The second-order valence-electron chi connectivity index (χ2n) is 3.48. The number of hydrogen-bond acceptors (Lipinski definition) is 4. The third-order valence-corrected chi connectivity index (χ3v) is 2.21. The third-order valence-electron chi connectivity index (χ3n) is 2.21. The maximum Gasteiger partial charge on any atom is 0.278 e. The van der Waals surface area contributed by atoms with Crippen molar-refractivity contribution in [1.29, 1.82) is 0 Å². The van der Waals surface area contributed by atoms with Crippen molar-refractivity contribution in [3.8, 4) is 0 Å². The predicted molar refractivity (Wildman–Crippen MR) is 62.7 cm³/mol. The summed E-state index contributed by atoms with van der Waals surface area (Å²) in [6.45, 7) is 1.37. The van der Waals surface area contributed by atoms with Crippen LogP contribution in [0.1, 0.15) is 6.92 Å². The first-order chi connectivity index (χ1) is 8.08. The molecule has 1 amide bonds. The quantitative estimate of drug-likeness (QED) is 0.633. The lowest BCUT2D eigenvalue weighted by Crippen LogP contribution is -2.07. The number of rotatable bonds is 2. The highest BCUT2D eigenvalue weighted by Crippen LogP contribution is 2.25. The molecule has 0 aliphatic carbocycles. The number of amides is 1. The Bertz CT molecular complexity index is 610. The van der Waals surface area contributed by atoms with Crippen molar-refractivity contribution in [2.24, 2.45) is 0 Å². The molecule has 2 rings (SSSR count). The summed E-state index contributed by atoms with van der Waals surface area (Å²) in [6.07, 6.45) is 0. The van der Waals surface area contributed by atoms with Crippen molar-refractivity contribution in [2.75, 3.05) is 5.32 Å². The monoisotopic (exact) mass is 231 g/mol. The van der Waals surface area contributed by atoms with Gasteiger partial charge in [0, 0.05) is 13.0 Å². The molecular formula is C11H9N3O3. The lowest BCUT2D eigenvalue weighted by molar-refractivity contribution is -0.383. The molecule has 0 fully saturated rings. The van der Waals surface area contributed by atoms with Gasteiger partial charge in [-0.05, 0) is 18.2 Å². The van der Waals surface area contributed by atoms with E-state index in [0.717, 1.165) is 0 Å². The van der Waals surface area contributed by atoms with Crippen molar-refractivity contribution in [3.05, 3.63) is 40.4 Å². The van der Waals surface area contributed by atoms with Crippen molar-refractivity contribution in [1.82, 2.24) is 4.98 Å². The van der Waals surface area contributed by atoms with E-state index in [9.17, 15) is 14.9 Å². The van der Waals surface area contributed by atoms with Crippen molar-refractivity contribution in [2.45, 2.75) is 6.92 Å². The lowest BCUT2D eigenvalue weighted by Gasteiger charge is -2.03. The highest BCUT2D eigenvalue weighted by molar-refractivity contribution is 5.92. The molecule has 17 heavy (non-hydrogen) atoms. The number of nitro benzene ring substituents is 1. The van der Waals surface area contributed by atoms with E-state index in [-0.39, 0.29) is 11.6 Å². The zero-order valence-corrected chi connectivity index (χ0v) is 9.01. The van der Waals surface area contributed by atoms with Gasteiger partial charge in [-0.25, -0.2) is 4.98 Å². The Morgan fingerprint density at radius 3 is 2.76 bits per heavy atom. The fraction of sp³-hybridized carbons (Fsp3) is 0.0909. The van der Waals surface area contributed by atoms with Gasteiger partial charge in [-0.2, -0.15) is 0 Å². The summed E-state index contributed by atoms with van der Waals surface area (Å²) in [5.74, 6) is 0.146. The summed E-state index contributed by atoms with van der Waals surface area (Å²) in [5.41, 5.74) is 0.481. The van der Waals surface area contributed by atoms with Gasteiger partial charge in [0.25, 0.3) is 5.69 Å². The van der Waals surface area contributed by atoms with Gasteiger partial charge in [-0.15, -0.1) is 0 Å². The van der Waals surface area contributed by atoms with Crippen LogP contribution in [0.25, 0.3) is 10.9 Å². The Kier molecular flexibility index (Phi) is 2.70. The number of nitro groups is 1. The second-order valence-corrected chi connectivity index (χ2v) is 3.48. The van der Waals surface area contributed by atoms with Crippen LogP contribution in [0.15, 0.2) is 30.3 Å². The number of non-ortho nitro benzene ring substituents is 1. The Morgan fingerprint density at radius 2 is 2.12 bits per heavy atom. The molecule has 6 heteroatoms.